The Hall–Kier alpha value is -3.58. The van der Waals surface area contributed by atoms with Crippen molar-refractivity contribution < 1.29 is 9.53 Å². The lowest BCUT2D eigenvalue weighted by atomic mass is 9.86. The number of amides is 1. The van der Waals surface area contributed by atoms with Gasteiger partial charge in [0.2, 0.25) is 0 Å². The van der Waals surface area contributed by atoms with E-state index in [0.717, 1.165) is 11.1 Å². The van der Waals surface area contributed by atoms with Gasteiger partial charge in [0.25, 0.3) is 5.91 Å². The molecule has 150 valence electrons. The fourth-order valence-electron chi connectivity index (χ4n) is 3.81. The highest BCUT2D eigenvalue weighted by Crippen LogP contribution is 2.42. The van der Waals surface area contributed by atoms with E-state index in [1.54, 1.807) is 50.8 Å². The van der Waals surface area contributed by atoms with Gasteiger partial charge in [-0.05, 0) is 42.0 Å². The van der Waals surface area contributed by atoms with Crippen molar-refractivity contribution in [1.82, 2.24) is 14.5 Å². The summed E-state index contributed by atoms with van der Waals surface area (Å²) in [7, 11) is 3.39. The van der Waals surface area contributed by atoms with E-state index in [1.807, 2.05) is 18.2 Å². The van der Waals surface area contributed by atoms with Crippen molar-refractivity contribution in [2.24, 2.45) is 18.0 Å². The molecule has 3 aromatic rings. The molecule has 30 heavy (non-hydrogen) atoms. The molecular weight excluding hydrogens is 404 g/mol. The summed E-state index contributed by atoms with van der Waals surface area (Å²) in [6, 6.07) is 10.8. The number of aromatic nitrogens is 2. The summed E-state index contributed by atoms with van der Waals surface area (Å²) in [5.74, 6) is 0.674. The van der Waals surface area contributed by atoms with Crippen molar-refractivity contribution in [1.29, 1.82) is 0 Å². The number of hydrogen-bond donors (Lipinski definition) is 1. The molecule has 1 amide bonds. The molecule has 8 heteroatoms. The van der Waals surface area contributed by atoms with Crippen LogP contribution in [0.15, 0.2) is 64.7 Å². The van der Waals surface area contributed by atoms with Crippen LogP contribution in [0.5, 0.6) is 11.5 Å². The molecule has 7 nitrogen and oxygen atoms in total. The van der Waals surface area contributed by atoms with Gasteiger partial charge in [-0.15, -0.1) is 0 Å². The first-order chi connectivity index (χ1) is 14.4. The molecule has 0 bridgehead atoms. The number of benzene rings is 2. The number of halogens is 1. The number of nitrogens with one attached hydrogen (secondary N) is 1. The predicted octanol–water partition coefficient (Wildman–Crippen LogP) is 3.71. The molecule has 0 spiro atoms. The van der Waals surface area contributed by atoms with E-state index < -0.39 is 0 Å². The fraction of sp³-hybridized carbons (Fsp3) is 0.136. The van der Waals surface area contributed by atoms with Crippen LogP contribution in [0.25, 0.3) is 16.6 Å². The molecule has 1 N–H and O–H groups in total. The Morgan fingerprint density at radius 2 is 1.87 bits per heavy atom. The lowest BCUT2D eigenvalue weighted by molar-refractivity contribution is -0.121. The standard InChI is InChI=1S/C22H17ClN4O3/c1-26-11-16(14-9-10-24-18(14)21(26)28)15-7-8-17-19(25-22(29)27(17)2)20(15)30-13-5-3-12(23)4-6-13/h3-11,14H,1-2H3,(H,25,29). The molecule has 5 rings (SSSR count). The number of aliphatic imine (C=N–C) groups is 1. The van der Waals surface area contributed by atoms with E-state index in [1.165, 1.54) is 9.47 Å². The lowest BCUT2D eigenvalue weighted by Crippen LogP contribution is -2.37. The minimum Gasteiger partial charge on any atom is -0.454 e. The Labute approximate surface area is 176 Å². The molecule has 0 saturated heterocycles. The van der Waals surface area contributed by atoms with Gasteiger partial charge in [0, 0.05) is 37.1 Å². The molecule has 1 unspecified atom stereocenters. The molecule has 1 aromatic heterocycles. The van der Waals surface area contributed by atoms with Crippen molar-refractivity contribution in [2.45, 2.75) is 0 Å². The van der Waals surface area contributed by atoms with Gasteiger partial charge in [0.1, 0.15) is 17.0 Å². The maximum atomic E-state index is 12.5. The number of ether oxygens (including phenoxy) is 1. The number of carbonyl (C=O) groups is 1. The zero-order chi connectivity index (χ0) is 21.0. The minimum atomic E-state index is -0.269. The number of nitrogens with zero attached hydrogens (tertiary/aromatic N) is 3. The number of imidazole rings is 1. The third-order valence-corrected chi connectivity index (χ3v) is 5.62. The van der Waals surface area contributed by atoms with Gasteiger partial charge in [-0.2, -0.15) is 0 Å². The highest BCUT2D eigenvalue weighted by Gasteiger charge is 2.35. The first-order valence-corrected chi connectivity index (χ1v) is 9.70. The average Bonchev–Trinajstić information content (AvgIpc) is 3.33. The second-order valence-corrected chi connectivity index (χ2v) is 7.65. The molecule has 0 aliphatic carbocycles. The maximum absolute atomic E-state index is 12.5. The molecule has 1 atom stereocenters. The number of allylic oxidation sites excluding steroid dienone is 2. The fourth-order valence-corrected chi connectivity index (χ4v) is 3.94. The maximum Gasteiger partial charge on any atom is 0.326 e. The highest BCUT2D eigenvalue weighted by molar-refractivity contribution is 6.44. The van der Waals surface area contributed by atoms with Crippen LogP contribution in [0.3, 0.4) is 0 Å². The Morgan fingerprint density at radius 1 is 1.10 bits per heavy atom. The van der Waals surface area contributed by atoms with E-state index in [9.17, 15) is 9.59 Å². The van der Waals surface area contributed by atoms with Crippen molar-refractivity contribution in [2.75, 3.05) is 7.05 Å². The molecule has 2 aromatic carbocycles. The van der Waals surface area contributed by atoms with Crippen LogP contribution in [0, 0.1) is 5.92 Å². The number of carbonyl (C=O) groups excluding carboxylic acids is 1. The van der Waals surface area contributed by atoms with Crippen LogP contribution in [-0.4, -0.2) is 33.1 Å². The van der Waals surface area contributed by atoms with Gasteiger partial charge in [-0.3, -0.25) is 14.4 Å². The zero-order valence-corrected chi connectivity index (χ0v) is 17.0. The second kappa shape index (κ2) is 6.74. The third-order valence-electron chi connectivity index (χ3n) is 5.37. The molecule has 3 heterocycles. The average molecular weight is 421 g/mol. The van der Waals surface area contributed by atoms with Crippen LogP contribution in [0.1, 0.15) is 5.56 Å². The van der Waals surface area contributed by atoms with Crippen molar-refractivity contribution in [3.63, 3.8) is 0 Å². The van der Waals surface area contributed by atoms with Crippen LogP contribution in [-0.2, 0) is 11.8 Å². The number of aromatic amines is 1. The summed E-state index contributed by atoms with van der Waals surface area (Å²) in [6.07, 6.45) is 5.32. The van der Waals surface area contributed by atoms with Crippen molar-refractivity contribution in [3.8, 4) is 11.5 Å². The topological polar surface area (TPSA) is 79.7 Å². The van der Waals surface area contributed by atoms with E-state index >= 15 is 0 Å². The van der Waals surface area contributed by atoms with Gasteiger partial charge in [0.05, 0.1) is 11.4 Å². The number of rotatable bonds is 3. The van der Waals surface area contributed by atoms with Crippen molar-refractivity contribution in [3.05, 3.63) is 75.9 Å². The first kappa shape index (κ1) is 18.4. The van der Waals surface area contributed by atoms with Gasteiger partial charge >= 0.3 is 5.69 Å². The van der Waals surface area contributed by atoms with Crippen LogP contribution in [0.4, 0.5) is 0 Å². The number of aryl methyl sites for hydroxylation is 1. The molecular formula is C22H17ClN4O3. The van der Waals surface area contributed by atoms with Crippen LogP contribution >= 0.6 is 11.6 Å². The summed E-state index contributed by atoms with van der Waals surface area (Å²) >= 11 is 6.00. The monoisotopic (exact) mass is 420 g/mol. The number of fused-ring (bicyclic) bond motifs is 2. The van der Waals surface area contributed by atoms with Gasteiger partial charge in [-0.25, -0.2) is 4.79 Å². The lowest BCUT2D eigenvalue weighted by Gasteiger charge is -2.27. The number of hydrogen-bond acceptors (Lipinski definition) is 4. The summed E-state index contributed by atoms with van der Waals surface area (Å²) < 4.78 is 7.79. The summed E-state index contributed by atoms with van der Waals surface area (Å²) in [4.78, 5) is 33.4. The van der Waals surface area contributed by atoms with E-state index in [0.29, 0.717) is 33.3 Å². The van der Waals surface area contributed by atoms with Gasteiger partial charge in [0.15, 0.2) is 5.75 Å². The highest BCUT2D eigenvalue weighted by atomic mass is 35.5. The van der Waals surface area contributed by atoms with Gasteiger partial charge < -0.3 is 14.6 Å². The Morgan fingerprint density at radius 3 is 2.63 bits per heavy atom. The predicted molar refractivity (Wildman–Crippen MR) is 116 cm³/mol. The Bertz CT molecular complexity index is 1350. The quantitative estimate of drug-likeness (QED) is 0.701. The number of H-pyrrole nitrogens is 1. The van der Waals surface area contributed by atoms with Crippen LogP contribution in [0.2, 0.25) is 5.02 Å². The summed E-state index contributed by atoms with van der Waals surface area (Å²) in [5, 5.41) is 0.598. The summed E-state index contributed by atoms with van der Waals surface area (Å²) in [5.41, 5.74) is 3.15. The summed E-state index contributed by atoms with van der Waals surface area (Å²) in [6.45, 7) is 0. The molecule has 0 saturated carbocycles. The molecule has 2 aliphatic heterocycles. The Kier molecular flexibility index (Phi) is 4.15. The van der Waals surface area contributed by atoms with E-state index in [4.69, 9.17) is 16.3 Å². The normalized spacial score (nSPS) is 17.9. The SMILES string of the molecule is CN1C=C(c2ccc3c([nH]c(=O)n3C)c2Oc2ccc(Cl)cc2)C2C=CN=C2C1=O. The zero-order valence-electron chi connectivity index (χ0n) is 16.2. The molecule has 0 fully saturated rings. The first-order valence-electron chi connectivity index (χ1n) is 9.33. The van der Waals surface area contributed by atoms with E-state index in [-0.39, 0.29) is 17.5 Å². The second-order valence-electron chi connectivity index (χ2n) is 7.22. The molecule has 0 radical (unpaired) electrons. The molecule has 2 aliphatic rings. The van der Waals surface area contributed by atoms with Gasteiger partial charge in [-0.1, -0.05) is 17.7 Å². The third kappa shape index (κ3) is 2.78. The van der Waals surface area contributed by atoms with Crippen molar-refractivity contribution >= 4 is 39.8 Å². The largest absolute Gasteiger partial charge is 0.454 e. The Balaban J connectivity index is 1.74. The van der Waals surface area contributed by atoms with E-state index in [2.05, 4.69) is 9.98 Å². The smallest absolute Gasteiger partial charge is 0.326 e. The minimum absolute atomic E-state index is 0.136. The van der Waals surface area contributed by atoms with Crippen LogP contribution < -0.4 is 10.4 Å².